The van der Waals surface area contributed by atoms with E-state index in [0.717, 1.165) is 29.3 Å². The van der Waals surface area contributed by atoms with Gasteiger partial charge in [-0.15, -0.1) is 0 Å². The zero-order valence-electron chi connectivity index (χ0n) is 13.3. The number of halogens is 1. The number of benzene rings is 1. The molecular weight excluding hydrogens is 374 g/mol. The lowest BCUT2D eigenvalue weighted by molar-refractivity contribution is -0.136. The maximum atomic E-state index is 11.8. The molecule has 1 aliphatic rings. The number of nitrogens with one attached hydrogen (secondary N) is 2. The van der Waals surface area contributed by atoms with E-state index in [9.17, 15) is 14.4 Å². The minimum absolute atomic E-state index is 0.0106. The molecule has 0 aromatic heterocycles. The van der Waals surface area contributed by atoms with Gasteiger partial charge in [-0.1, -0.05) is 34.5 Å². The predicted octanol–water partition coefficient (Wildman–Crippen LogP) is 2.01. The van der Waals surface area contributed by atoms with Crippen LogP contribution in [0.3, 0.4) is 0 Å². The van der Waals surface area contributed by atoms with Gasteiger partial charge in [0.05, 0.1) is 0 Å². The van der Waals surface area contributed by atoms with Crippen LogP contribution in [0.5, 0.6) is 0 Å². The lowest BCUT2D eigenvalue weighted by Gasteiger charge is -2.19. The molecule has 6 nitrogen and oxygen atoms in total. The van der Waals surface area contributed by atoms with Crippen LogP contribution in [-0.2, 0) is 14.4 Å². The normalized spacial score (nSPS) is 15.2. The molecule has 0 bridgehead atoms. The van der Waals surface area contributed by atoms with Gasteiger partial charge in [0.2, 0.25) is 5.91 Å². The van der Waals surface area contributed by atoms with Gasteiger partial charge in [-0.05, 0) is 36.6 Å². The maximum Gasteiger partial charge on any atom is 0.262 e. The van der Waals surface area contributed by atoms with Crippen LogP contribution in [0.1, 0.15) is 31.2 Å². The van der Waals surface area contributed by atoms with Crippen molar-refractivity contribution in [1.82, 2.24) is 15.8 Å². The number of nitrogens with zero attached hydrogens (tertiary/aromatic N) is 1. The van der Waals surface area contributed by atoms with E-state index >= 15 is 0 Å². The molecule has 1 aromatic carbocycles. The molecule has 0 saturated carbocycles. The molecule has 0 unspecified atom stereocenters. The van der Waals surface area contributed by atoms with E-state index in [1.807, 2.05) is 24.3 Å². The Bertz CT molecular complexity index is 646. The van der Waals surface area contributed by atoms with E-state index < -0.39 is 11.8 Å². The third-order valence-corrected chi connectivity index (χ3v) is 4.10. The smallest absolute Gasteiger partial charge is 0.262 e. The molecule has 1 heterocycles. The van der Waals surface area contributed by atoms with Gasteiger partial charge in [0, 0.05) is 23.5 Å². The van der Waals surface area contributed by atoms with Gasteiger partial charge in [-0.2, -0.15) is 0 Å². The van der Waals surface area contributed by atoms with E-state index in [1.165, 1.54) is 11.0 Å². The van der Waals surface area contributed by atoms with Gasteiger partial charge in [0.25, 0.3) is 11.8 Å². The van der Waals surface area contributed by atoms with E-state index in [1.54, 1.807) is 6.08 Å². The largest absolute Gasteiger partial charge is 0.333 e. The minimum atomic E-state index is -0.439. The first-order chi connectivity index (χ1) is 11.5. The average Bonchev–Trinajstić information content (AvgIpc) is 2.76. The van der Waals surface area contributed by atoms with Crippen LogP contribution in [0.25, 0.3) is 6.08 Å². The molecule has 128 valence electrons. The van der Waals surface area contributed by atoms with Gasteiger partial charge < -0.3 is 4.90 Å². The van der Waals surface area contributed by atoms with E-state index in [4.69, 9.17) is 0 Å². The Balaban J connectivity index is 1.76. The zero-order valence-corrected chi connectivity index (χ0v) is 14.8. The highest BCUT2D eigenvalue weighted by molar-refractivity contribution is 9.10. The Morgan fingerprint density at radius 1 is 1.21 bits per heavy atom. The molecule has 3 amide bonds. The Morgan fingerprint density at radius 3 is 2.83 bits per heavy atom. The molecule has 1 saturated heterocycles. The second kappa shape index (κ2) is 9.22. The summed E-state index contributed by atoms with van der Waals surface area (Å²) in [6.07, 6.45) is 6.23. The minimum Gasteiger partial charge on any atom is -0.333 e. The fraction of sp³-hybridized carbons (Fsp3) is 0.353. The zero-order chi connectivity index (χ0) is 17.4. The number of hydrogen-bond donors (Lipinski definition) is 2. The summed E-state index contributed by atoms with van der Waals surface area (Å²) in [4.78, 5) is 36.9. The number of amides is 3. The Morgan fingerprint density at radius 2 is 2.04 bits per heavy atom. The average molecular weight is 394 g/mol. The van der Waals surface area contributed by atoms with Crippen molar-refractivity contribution < 1.29 is 14.4 Å². The number of rotatable bonds is 4. The first-order valence-electron chi connectivity index (χ1n) is 7.85. The maximum absolute atomic E-state index is 11.8. The Kier molecular flexibility index (Phi) is 6.99. The summed E-state index contributed by atoms with van der Waals surface area (Å²) in [7, 11) is 0. The highest BCUT2D eigenvalue weighted by Gasteiger charge is 2.19. The molecular formula is C17H20BrN3O3. The summed E-state index contributed by atoms with van der Waals surface area (Å²) in [5, 5.41) is 0. The van der Waals surface area contributed by atoms with Crippen LogP contribution in [0.2, 0.25) is 0 Å². The van der Waals surface area contributed by atoms with E-state index in [2.05, 4.69) is 26.8 Å². The lowest BCUT2D eigenvalue weighted by atomic mass is 10.2. The molecule has 24 heavy (non-hydrogen) atoms. The summed E-state index contributed by atoms with van der Waals surface area (Å²) >= 11 is 3.35. The first-order valence-corrected chi connectivity index (χ1v) is 8.64. The summed E-state index contributed by atoms with van der Waals surface area (Å²) in [6, 6.07) is 7.48. The molecule has 0 radical (unpaired) electrons. The number of carbonyl (C=O) groups excluding carboxylic acids is 3. The number of hydrogen-bond acceptors (Lipinski definition) is 3. The quantitative estimate of drug-likeness (QED) is 0.606. The van der Waals surface area contributed by atoms with Crippen molar-refractivity contribution in [3.05, 3.63) is 40.4 Å². The van der Waals surface area contributed by atoms with Gasteiger partial charge in [-0.3, -0.25) is 25.2 Å². The fourth-order valence-electron chi connectivity index (χ4n) is 2.37. The van der Waals surface area contributed by atoms with Crippen LogP contribution in [0.15, 0.2) is 34.8 Å². The summed E-state index contributed by atoms with van der Waals surface area (Å²) in [5.41, 5.74) is 5.50. The standard InChI is InChI=1S/C17H20BrN3O3/c18-14-6-4-5-13(11-14)8-9-15(22)19-20-16(23)12-21-10-3-1-2-7-17(21)24/h4-6,8-9,11H,1-3,7,10,12H2,(H,19,22)(H,20,23)/b9-8+. The molecule has 0 spiro atoms. The SMILES string of the molecule is O=C(/C=C/c1cccc(Br)c1)NNC(=O)CN1CCCCCC1=O. The summed E-state index contributed by atoms with van der Waals surface area (Å²) < 4.78 is 0.917. The van der Waals surface area contributed by atoms with Crippen molar-refractivity contribution in [2.45, 2.75) is 25.7 Å². The summed E-state index contributed by atoms with van der Waals surface area (Å²) in [6.45, 7) is 0.553. The van der Waals surface area contributed by atoms with Gasteiger partial charge in [0.15, 0.2) is 0 Å². The van der Waals surface area contributed by atoms with Crippen molar-refractivity contribution >= 4 is 39.7 Å². The Labute approximate surface area is 149 Å². The Hall–Kier alpha value is -2.15. The topological polar surface area (TPSA) is 78.5 Å². The van der Waals surface area contributed by atoms with Crippen molar-refractivity contribution in [3.63, 3.8) is 0 Å². The van der Waals surface area contributed by atoms with Crippen LogP contribution in [-0.4, -0.2) is 35.7 Å². The van der Waals surface area contributed by atoms with E-state index in [0.29, 0.717) is 13.0 Å². The van der Waals surface area contributed by atoms with E-state index in [-0.39, 0.29) is 12.5 Å². The summed E-state index contributed by atoms with van der Waals surface area (Å²) in [5.74, 6) is -0.858. The second-order valence-electron chi connectivity index (χ2n) is 5.55. The van der Waals surface area contributed by atoms with Crippen molar-refractivity contribution in [2.24, 2.45) is 0 Å². The molecule has 0 atom stereocenters. The van der Waals surface area contributed by atoms with Crippen molar-refractivity contribution in [1.29, 1.82) is 0 Å². The predicted molar refractivity (Wildman–Crippen MR) is 94.5 cm³/mol. The number of carbonyl (C=O) groups is 3. The highest BCUT2D eigenvalue weighted by Crippen LogP contribution is 2.12. The van der Waals surface area contributed by atoms with Crippen LogP contribution in [0.4, 0.5) is 0 Å². The van der Waals surface area contributed by atoms with Crippen molar-refractivity contribution in [3.8, 4) is 0 Å². The molecule has 0 aliphatic carbocycles. The second-order valence-corrected chi connectivity index (χ2v) is 6.47. The molecule has 7 heteroatoms. The molecule has 2 N–H and O–H groups in total. The molecule has 2 rings (SSSR count). The lowest BCUT2D eigenvalue weighted by Crippen LogP contribution is -2.47. The van der Waals surface area contributed by atoms with Crippen molar-refractivity contribution in [2.75, 3.05) is 13.1 Å². The van der Waals surface area contributed by atoms with Crippen LogP contribution >= 0.6 is 15.9 Å². The highest BCUT2D eigenvalue weighted by atomic mass is 79.9. The molecule has 1 aliphatic heterocycles. The van der Waals surface area contributed by atoms with Crippen LogP contribution in [0, 0.1) is 0 Å². The van der Waals surface area contributed by atoms with Gasteiger partial charge in [0.1, 0.15) is 6.54 Å². The molecule has 1 fully saturated rings. The monoisotopic (exact) mass is 393 g/mol. The molecule has 1 aromatic rings. The van der Waals surface area contributed by atoms with Crippen LogP contribution < -0.4 is 10.9 Å². The third kappa shape index (κ3) is 6.16. The first kappa shape index (κ1) is 18.2. The number of likely N-dealkylation sites (tertiary alicyclic amines) is 1. The van der Waals surface area contributed by atoms with Gasteiger partial charge >= 0.3 is 0 Å². The third-order valence-electron chi connectivity index (χ3n) is 3.61. The fourth-order valence-corrected chi connectivity index (χ4v) is 2.79. The van der Waals surface area contributed by atoms with Gasteiger partial charge in [-0.25, -0.2) is 0 Å². The number of hydrazine groups is 1.